The van der Waals surface area contributed by atoms with Gasteiger partial charge < -0.3 is 10.3 Å². The number of nitrogens with zero attached hydrogens (tertiary/aromatic N) is 1. The van der Waals surface area contributed by atoms with E-state index >= 15 is 0 Å². The molecule has 19 heavy (non-hydrogen) atoms. The number of carbonyl (C=O) groups excluding carboxylic acids is 1. The topological polar surface area (TPSA) is 57.8 Å². The van der Waals surface area contributed by atoms with E-state index in [0.717, 1.165) is 35.3 Å². The molecule has 0 unspecified atom stereocenters. The smallest absolute Gasteiger partial charge is 0.176 e. The number of Topliss-reactive ketones (excluding diaryl/α,β-unsaturated/α-hetero) is 1. The van der Waals surface area contributed by atoms with Crippen molar-refractivity contribution in [3.05, 3.63) is 29.6 Å². The van der Waals surface area contributed by atoms with Crippen LogP contribution in [0.3, 0.4) is 0 Å². The summed E-state index contributed by atoms with van der Waals surface area (Å²) in [6, 6.07) is 5.97. The van der Waals surface area contributed by atoms with Crippen molar-refractivity contribution in [2.24, 2.45) is 0 Å². The van der Waals surface area contributed by atoms with Gasteiger partial charge in [-0.3, -0.25) is 4.79 Å². The largest absolute Gasteiger partial charge is 0.342 e. The Hall–Kier alpha value is -1.68. The first kappa shape index (κ1) is 13.7. The second kappa shape index (κ2) is 5.97. The average molecular weight is 259 g/mol. The summed E-state index contributed by atoms with van der Waals surface area (Å²) in [5.74, 6) is 1.10. The lowest BCUT2D eigenvalue weighted by molar-refractivity contribution is 0.0988. The number of nitrogens with one attached hydrogen (secondary N) is 2. The molecule has 2 N–H and O–H groups in total. The molecule has 0 spiro atoms. The Labute approximate surface area is 113 Å². The fourth-order valence-corrected chi connectivity index (χ4v) is 1.99. The van der Waals surface area contributed by atoms with Crippen molar-refractivity contribution < 1.29 is 4.79 Å². The van der Waals surface area contributed by atoms with Gasteiger partial charge in [-0.25, -0.2) is 4.98 Å². The number of rotatable bonds is 6. The number of aromatic nitrogens is 2. The predicted octanol–water partition coefficient (Wildman–Crippen LogP) is 2.70. The first-order chi connectivity index (χ1) is 9.10. The van der Waals surface area contributed by atoms with Crippen LogP contribution >= 0.6 is 0 Å². The lowest BCUT2D eigenvalue weighted by Crippen LogP contribution is -2.29. The van der Waals surface area contributed by atoms with E-state index in [9.17, 15) is 4.79 Å². The summed E-state index contributed by atoms with van der Waals surface area (Å²) in [5.41, 5.74) is 2.60. The molecule has 1 aromatic carbocycles. The quantitative estimate of drug-likeness (QED) is 0.784. The zero-order chi connectivity index (χ0) is 13.8. The van der Waals surface area contributed by atoms with Gasteiger partial charge in [0, 0.05) is 18.0 Å². The number of H-pyrrole nitrogens is 1. The van der Waals surface area contributed by atoms with Gasteiger partial charge in [-0.2, -0.15) is 0 Å². The fraction of sp³-hybridized carbons (Fsp3) is 0.467. The molecule has 2 aromatic rings. The van der Waals surface area contributed by atoms with Crippen LogP contribution in [0.2, 0.25) is 0 Å². The Morgan fingerprint density at radius 2 is 2.21 bits per heavy atom. The average Bonchev–Trinajstić information content (AvgIpc) is 2.77. The monoisotopic (exact) mass is 259 g/mol. The fourth-order valence-electron chi connectivity index (χ4n) is 1.99. The Balaban J connectivity index is 2.18. The van der Waals surface area contributed by atoms with Crippen molar-refractivity contribution in [3.8, 4) is 0 Å². The van der Waals surface area contributed by atoms with Crippen LogP contribution in [-0.2, 0) is 6.42 Å². The molecule has 102 valence electrons. The summed E-state index contributed by atoms with van der Waals surface area (Å²) in [4.78, 5) is 19.8. The zero-order valence-electron chi connectivity index (χ0n) is 11.8. The van der Waals surface area contributed by atoms with Crippen LogP contribution in [0, 0.1) is 0 Å². The zero-order valence-corrected chi connectivity index (χ0v) is 11.8. The van der Waals surface area contributed by atoms with E-state index in [1.165, 1.54) is 0 Å². The van der Waals surface area contributed by atoms with Crippen LogP contribution in [0.1, 0.15) is 43.4 Å². The molecule has 0 aliphatic rings. The van der Waals surface area contributed by atoms with E-state index in [1.54, 1.807) is 0 Å². The molecular formula is C15H21N3O. The Kier molecular flexibility index (Phi) is 4.32. The molecule has 0 atom stereocenters. The molecule has 1 aromatic heterocycles. The normalized spacial score (nSPS) is 11.4. The van der Waals surface area contributed by atoms with E-state index in [0.29, 0.717) is 12.6 Å². The Bertz CT molecular complexity index is 572. The van der Waals surface area contributed by atoms with Crippen LogP contribution in [0.25, 0.3) is 11.0 Å². The summed E-state index contributed by atoms with van der Waals surface area (Å²) in [5, 5.41) is 3.14. The van der Waals surface area contributed by atoms with Crippen molar-refractivity contribution >= 4 is 16.8 Å². The minimum Gasteiger partial charge on any atom is -0.342 e. The van der Waals surface area contributed by atoms with Crippen molar-refractivity contribution in [2.45, 2.75) is 39.7 Å². The van der Waals surface area contributed by atoms with Crippen LogP contribution in [0.4, 0.5) is 0 Å². The molecule has 0 amide bonds. The molecule has 0 bridgehead atoms. The van der Waals surface area contributed by atoms with Crippen LogP contribution in [-0.4, -0.2) is 28.3 Å². The molecule has 1 heterocycles. The maximum absolute atomic E-state index is 12.0. The van der Waals surface area contributed by atoms with Crippen molar-refractivity contribution in [1.29, 1.82) is 0 Å². The number of aromatic amines is 1. The Morgan fingerprint density at radius 1 is 1.42 bits per heavy atom. The number of imidazole rings is 1. The van der Waals surface area contributed by atoms with Gasteiger partial charge in [-0.1, -0.05) is 20.8 Å². The summed E-state index contributed by atoms with van der Waals surface area (Å²) >= 11 is 0. The van der Waals surface area contributed by atoms with Crippen molar-refractivity contribution in [2.75, 3.05) is 6.54 Å². The molecular weight excluding hydrogens is 238 g/mol. The predicted molar refractivity (Wildman–Crippen MR) is 77.6 cm³/mol. The summed E-state index contributed by atoms with van der Waals surface area (Å²) in [7, 11) is 0. The lowest BCUT2D eigenvalue weighted by Gasteiger charge is -2.06. The van der Waals surface area contributed by atoms with Crippen LogP contribution in [0.5, 0.6) is 0 Å². The first-order valence-electron chi connectivity index (χ1n) is 6.85. The highest BCUT2D eigenvalue weighted by Crippen LogP contribution is 2.15. The van der Waals surface area contributed by atoms with E-state index in [1.807, 2.05) is 32.0 Å². The molecule has 4 heteroatoms. The highest BCUT2D eigenvalue weighted by atomic mass is 16.1. The van der Waals surface area contributed by atoms with Gasteiger partial charge in [0.15, 0.2) is 5.78 Å². The highest BCUT2D eigenvalue weighted by molar-refractivity contribution is 6.00. The number of benzene rings is 1. The second-order valence-electron chi connectivity index (χ2n) is 5.12. The van der Waals surface area contributed by atoms with Crippen LogP contribution < -0.4 is 5.32 Å². The standard InChI is InChI=1S/C15H21N3O/c1-4-5-15-17-12-7-6-11(8-13(12)18-15)14(19)9-16-10(2)3/h6-8,10,16H,4-5,9H2,1-3H3,(H,17,18). The number of carbonyl (C=O) groups is 1. The SMILES string of the molecule is CCCc1nc2ccc(C(=O)CNC(C)C)cc2[nH]1. The van der Waals surface area contributed by atoms with Gasteiger partial charge in [0.2, 0.25) is 0 Å². The van der Waals surface area contributed by atoms with E-state index in [2.05, 4.69) is 22.2 Å². The van der Waals surface area contributed by atoms with Gasteiger partial charge in [-0.05, 0) is 24.6 Å². The van der Waals surface area contributed by atoms with E-state index < -0.39 is 0 Å². The van der Waals surface area contributed by atoms with Crippen molar-refractivity contribution in [3.63, 3.8) is 0 Å². The third-order valence-corrected chi connectivity index (χ3v) is 3.01. The minimum absolute atomic E-state index is 0.113. The third kappa shape index (κ3) is 3.41. The summed E-state index contributed by atoms with van der Waals surface area (Å²) in [6.07, 6.45) is 2.00. The van der Waals surface area contributed by atoms with E-state index in [-0.39, 0.29) is 5.78 Å². The number of hydrogen-bond acceptors (Lipinski definition) is 3. The molecule has 0 fully saturated rings. The minimum atomic E-state index is 0.113. The molecule has 0 aliphatic carbocycles. The molecule has 0 radical (unpaired) electrons. The molecule has 0 saturated heterocycles. The van der Waals surface area contributed by atoms with Gasteiger partial charge in [0.05, 0.1) is 17.6 Å². The van der Waals surface area contributed by atoms with Gasteiger partial charge in [0.25, 0.3) is 0 Å². The number of aryl methyl sites for hydroxylation is 1. The Morgan fingerprint density at radius 3 is 2.89 bits per heavy atom. The van der Waals surface area contributed by atoms with Crippen molar-refractivity contribution in [1.82, 2.24) is 15.3 Å². The maximum atomic E-state index is 12.0. The third-order valence-electron chi connectivity index (χ3n) is 3.01. The first-order valence-corrected chi connectivity index (χ1v) is 6.85. The molecule has 2 rings (SSSR count). The lowest BCUT2D eigenvalue weighted by atomic mass is 10.1. The van der Waals surface area contributed by atoms with Gasteiger partial charge in [-0.15, -0.1) is 0 Å². The van der Waals surface area contributed by atoms with Crippen LogP contribution in [0.15, 0.2) is 18.2 Å². The number of fused-ring (bicyclic) bond motifs is 1. The van der Waals surface area contributed by atoms with E-state index in [4.69, 9.17) is 0 Å². The summed E-state index contributed by atoms with van der Waals surface area (Å²) < 4.78 is 0. The number of ketones is 1. The van der Waals surface area contributed by atoms with Gasteiger partial charge >= 0.3 is 0 Å². The number of hydrogen-bond donors (Lipinski definition) is 2. The molecule has 0 aliphatic heterocycles. The molecule has 4 nitrogen and oxygen atoms in total. The molecule has 0 saturated carbocycles. The van der Waals surface area contributed by atoms with Gasteiger partial charge in [0.1, 0.15) is 5.82 Å². The summed E-state index contributed by atoms with van der Waals surface area (Å²) in [6.45, 7) is 6.56. The highest BCUT2D eigenvalue weighted by Gasteiger charge is 2.09. The second-order valence-corrected chi connectivity index (χ2v) is 5.12. The maximum Gasteiger partial charge on any atom is 0.176 e.